The molecule has 35 heavy (non-hydrogen) atoms. The Balaban J connectivity index is 1.83. The molecule has 0 aliphatic carbocycles. The second-order valence-electron chi connectivity index (χ2n) is 7.68. The summed E-state index contributed by atoms with van der Waals surface area (Å²) >= 11 is 0. The van der Waals surface area contributed by atoms with Gasteiger partial charge in [-0.05, 0) is 87.0 Å². The fraction of sp³-hybridized carbons (Fsp3) is 0.269. The molecule has 3 rings (SSSR count). The van der Waals surface area contributed by atoms with Gasteiger partial charge in [-0.3, -0.25) is 9.10 Å². The molecule has 9 heteroatoms. The first-order chi connectivity index (χ1) is 16.7. The van der Waals surface area contributed by atoms with Crippen molar-refractivity contribution in [2.24, 2.45) is 0 Å². The Morgan fingerprint density at radius 1 is 0.886 bits per heavy atom. The highest BCUT2D eigenvalue weighted by Crippen LogP contribution is 2.26. The van der Waals surface area contributed by atoms with Gasteiger partial charge in [0, 0.05) is 0 Å². The molecule has 3 aromatic carbocycles. The first-order valence-corrected chi connectivity index (χ1v) is 12.7. The molecule has 0 saturated carbocycles. The number of amides is 1. The zero-order valence-corrected chi connectivity index (χ0v) is 20.7. The summed E-state index contributed by atoms with van der Waals surface area (Å²) in [6.45, 7) is 6.03. The maximum atomic E-state index is 13.5. The molecule has 0 saturated heterocycles. The van der Waals surface area contributed by atoms with E-state index in [1.54, 1.807) is 19.1 Å². The Morgan fingerprint density at radius 2 is 1.40 bits per heavy atom. The van der Waals surface area contributed by atoms with E-state index in [9.17, 15) is 17.6 Å². The zero-order chi connectivity index (χ0) is 25.4. The number of carbonyl (C=O) groups excluding carboxylic acids is 1. The molecule has 0 bridgehead atoms. The summed E-state index contributed by atoms with van der Waals surface area (Å²) in [4.78, 5) is 12.9. The van der Waals surface area contributed by atoms with E-state index in [1.165, 1.54) is 24.3 Å². The topological polar surface area (TPSA) is 84.9 Å². The Hall–Kier alpha value is -3.59. The van der Waals surface area contributed by atoms with Gasteiger partial charge in [0.1, 0.15) is 23.9 Å². The first kappa shape index (κ1) is 26.0. The lowest BCUT2D eigenvalue weighted by molar-refractivity contribution is -0.120. The number of ether oxygens (including phenoxy) is 2. The van der Waals surface area contributed by atoms with E-state index in [0.717, 1.165) is 27.8 Å². The van der Waals surface area contributed by atoms with E-state index >= 15 is 0 Å². The smallest absolute Gasteiger partial charge is 0.264 e. The number of halogens is 1. The van der Waals surface area contributed by atoms with Crippen LogP contribution in [0.4, 0.5) is 10.1 Å². The van der Waals surface area contributed by atoms with Crippen molar-refractivity contribution < 1.29 is 27.1 Å². The van der Waals surface area contributed by atoms with Gasteiger partial charge in [0.25, 0.3) is 10.0 Å². The van der Waals surface area contributed by atoms with Crippen LogP contribution in [0.5, 0.6) is 11.5 Å². The lowest BCUT2D eigenvalue weighted by atomic mass is 10.1. The maximum absolute atomic E-state index is 13.5. The number of anilines is 1. The van der Waals surface area contributed by atoms with Crippen LogP contribution in [-0.2, 0) is 14.8 Å². The Morgan fingerprint density at radius 3 is 1.91 bits per heavy atom. The number of benzene rings is 3. The summed E-state index contributed by atoms with van der Waals surface area (Å²) < 4.78 is 52.2. The van der Waals surface area contributed by atoms with E-state index in [1.807, 2.05) is 38.1 Å². The number of hydrogen-bond acceptors (Lipinski definition) is 5. The molecule has 1 atom stereocenters. The van der Waals surface area contributed by atoms with E-state index in [4.69, 9.17) is 9.47 Å². The normalized spacial score (nSPS) is 12.0. The predicted molar refractivity (Wildman–Crippen MR) is 133 cm³/mol. The summed E-state index contributed by atoms with van der Waals surface area (Å²) in [5, 5.41) is 2.83. The van der Waals surface area contributed by atoms with E-state index in [-0.39, 0.29) is 16.6 Å². The monoisotopic (exact) mass is 500 g/mol. The third-order valence-corrected chi connectivity index (χ3v) is 6.98. The van der Waals surface area contributed by atoms with Gasteiger partial charge in [0.05, 0.1) is 29.8 Å². The van der Waals surface area contributed by atoms with Crippen molar-refractivity contribution in [2.75, 3.05) is 24.1 Å². The molecule has 1 unspecified atom stereocenters. The standard InChI is InChI=1S/C26H29FN2O5S/c1-4-33-23-12-6-20(7-13-23)19(3)28-26(30)18-29(22-10-8-21(27)9-11-22)35(31,32)25-16-14-24(15-17-25)34-5-2/h6-17,19H,4-5,18H2,1-3H3,(H,28,30). The molecular formula is C26H29FN2O5S. The highest BCUT2D eigenvalue weighted by molar-refractivity contribution is 7.92. The first-order valence-electron chi connectivity index (χ1n) is 11.3. The highest BCUT2D eigenvalue weighted by Gasteiger charge is 2.28. The van der Waals surface area contributed by atoms with E-state index < -0.39 is 28.3 Å². The summed E-state index contributed by atoms with van der Waals surface area (Å²) in [7, 11) is -4.13. The van der Waals surface area contributed by atoms with Crippen LogP contribution in [0.1, 0.15) is 32.4 Å². The average Bonchev–Trinajstić information content (AvgIpc) is 2.84. The van der Waals surface area contributed by atoms with Gasteiger partial charge in [-0.25, -0.2) is 12.8 Å². The summed E-state index contributed by atoms with van der Waals surface area (Å²) in [5.74, 6) is 0.228. The Bertz CT molecular complexity index is 1210. The van der Waals surface area contributed by atoms with E-state index in [0.29, 0.717) is 19.0 Å². The van der Waals surface area contributed by atoms with Gasteiger partial charge in [-0.1, -0.05) is 12.1 Å². The van der Waals surface area contributed by atoms with Gasteiger partial charge in [-0.2, -0.15) is 0 Å². The van der Waals surface area contributed by atoms with Crippen molar-refractivity contribution >= 4 is 21.6 Å². The number of nitrogens with zero attached hydrogens (tertiary/aromatic N) is 1. The number of carbonyl (C=O) groups is 1. The van der Waals surface area contributed by atoms with Crippen LogP contribution in [0.2, 0.25) is 0 Å². The molecule has 1 amide bonds. The fourth-order valence-electron chi connectivity index (χ4n) is 3.44. The minimum Gasteiger partial charge on any atom is -0.494 e. The summed E-state index contributed by atoms with van der Waals surface area (Å²) in [6.07, 6.45) is 0. The lowest BCUT2D eigenvalue weighted by Crippen LogP contribution is -2.41. The number of rotatable bonds is 11. The zero-order valence-electron chi connectivity index (χ0n) is 19.9. The van der Waals surface area contributed by atoms with Crippen molar-refractivity contribution in [1.82, 2.24) is 5.32 Å². The molecule has 0 fully saturated rings. The highest BCUT2D eigenvalue weighted by atomic mass is 32.2. The van der Waals surface area contributed by atoms with Gasteiger partial charge in [0.15, 0.2) is 0 Å². The van der Waals surface area contributed by atoms with Crippen LogP contribution in [0.15, 0.2) is 77.7 Å². The van der Waals surface area contributed by atoms with E-state index in [2.05, 4.69) is 5.32 Å². The van der Waals surface area contributed by atoms with Gasteiger partial charge in [0.2, 0.25) is 5.91 Å². The third kappa shape index (κ3) is 6.73. The molecule has 0 aromatic heterocycles. The average molecular weight is 501 g/mol. The minimum absolute atomic E-state index is 0.0161. The van der Waals surface area contributed by atoms with Crippen molar-refractivity contribution in [2.45, 2.75) is 31.7 Å². The van der Waals surface area contributed by atoms with Gasteiger partial charge in [-0.15, -0.1) is 0 Å². The number of hydrogen-bond donors (Lipinski definition) is 1. The molecule has 0 spiro atoms. The second kappa shape index (κ2) is 11.7. The third-order valence-electron chi connectivity index (χ3n) is 5.19. The molecule has 7 nitrogen and oxygen atoms in total. The van der Waals surface area contributed by atoms with Crippen LogP contribution in [0.25, 0.3) is 0 Å². The molecule has 3 aromatic rings. The Kier molecular flexibility index (Phi) is 8.70. The second-order valence-corrected chi connectivity index (χ2v) is 9.55. The quantitative estimate of drug-likeness (QED) is 0.413. The van der Waals surface area contributed by atoms with Crippen LogP contribution in [0, 0.1) is 5.82 Å². The summed E-state index contributed by atoms with van der Waals surface area (Å²) in [5.41, 5.74) is 1.01. The predicted octanol–water partition coefficient (Wildman–Crippen LogP) is 4.70. The molecule has 0 radical (unpaired) electrons. The number of sulfonamides is 1. The molecule has 186 valence electrons. The van der Waals surface area contributed by atoms with Crippen molar-refractivity contribution in [3.63, 3.8) is 0 Å². The van der Waals surface area contributed by atoms with Crippen LogP contribution >= 0.6 is 0 Å². The minimum atomic E-state index is -4.13. The summed E-state index contributed by atoms with van der Waals surface area (Å²) in [6, 6.07) is 17.8. The van der Waals surface area contributed by atoms with Crippen LogP contribution in [0.3, 0.4) is 0 Å². The largest absolute Gasteiger partial charge is 0.494 e. The van der Waals surface area contributed by atoms with Crippen molar-refractivity contribution in [1.29, 1.82) is 0 Å². The molecule has 0 heterocycles. The fourth-order valence-corrected chi connectivity index (χ4v) is 4.87. The lowest BCUT2D eigenvalue weighted by Gasteiger charge is -2.25. The van der Waals surface area contributed by atoms with Crippen molar-refractivity contribution in [3.05, 3.63) is 84.2 Å². The molecule has 0 aliphatic rings. The number of nitrogens with one attached hydrogen (secondary N) is 1. The maximum Gasteiger partial charge on any atom is 0.264 e. The van der Waals surface area contributed by atoms with Gasteiger partial charge < -0.3 is 14.8 Å². The molecule has 1 N–H and O–H groups in total. The van der Waals surface area contributed by atoms with Crippen LogP contribution < -0.4 is 19.1 Å². The van der Waals surface area contributed by atoms with Gasteiger partial charge >= 0.3 is 0 Å². The van der Waals surface area contributed by atoms with Crippen molar-refractivity contribution in [3.8, 4) is 11.5 Å². The van der Waals surface area contributed by atoms with Crippen LogP contribution in [-0.4, -0.2) is 34.1 Å². The Labute approximate surface area is 205 Å². The molecule has 0 aliphatic heterocycles. The molecular weight excluding hydrogens is 471 g/mol. The SMILES string of the molecule is CCOc1ccc(C(C)NC(=O)CN(c2ccc(F)cc2)S(=O)(=O)c2ccc(OCC)cc2)cc1.